The number of hydrogen-bond acceptors (Lipinski definition) is 14. The number of halogens is 5. The van der Waals surface area contributed by atoms with E-state index in [9.17, 15) is 36.7 Å². The lowest BCUT2D eigenvalue weighted by atomic mass is 9.80. The molecule has 2 atom stereocenters. The maximum atomic E-state index is 14.7. The molecule has 2 N–H and O–H groups in total. The van der Waals surface area contributed by atoms with Crippen molar-refractivity contribution in [3.8, 4) is 11.1 Å². The van der Waals surface area contributed by atoms with Crippen LogP contribution < -0.4 is 25.1 Å². The first-order chi connectivity index (χ1) is 31.3. The number of rotatable bonds is 8. The summed E-state index contributed by atoms with van der Waals surface area (Å²) in [4.78, 5) is 59.4. The third-order valence-corrected chi connectivity index (χ3v) is 11.9. The van der Waals surface area contributed by atoms with Crippen LogP contribution in [0.3, 0.4) is 0 Å². The molecule has 0 aliphatic carbocycles. The minimum Gasteiger partial charge on any atom is -0.447 e. The Labute approximate surface area is 383 Å². The Morgan fingerprint density at radius 3 is 1.55 bits per heavy atom. The quantitative estimate of drug-likeness (QED) is 0.0945. The number of aliphatic hydroxyl groups is 2. The zero-order valence-corrected chi connectivity index (χ0v) is 37.3. The van der Waals surface area contributed by atoms with Gasteiger partial charge in [0.05, 0.1) is 66.4 Å². The van der Waals surface area contributed by atoms with Crippen LogP contribution in [0.15, 0.2) is 65.4 Å². The van der Waals surface area contributed by atoms with Gasteiger partial charge in [-0.05, 0) is 86.1 Å². The number of amides is 4. The molecule has 0 saturated carbocycles. The fraction of sp³-hybridized carbons (Fsp3) is 0.381. The van der Waals surface area contributed by atoms with Crippen LogP contribution in [0, 0.1) is 23.3 Å². The molecule has 4 aromatic rings. The maximum absolute atomic E-state index is 14.7. The van der Waals surface area contributed by atoms with Gasteiger partial charge in [0.25, 0.3) is 0 Å². The van der Waals surface area contributed by atoms with Gasteiger partial charge in [0.15, 0.2) is 23.3 Å². The Balaban J connectivity index is 0.000000152. The number of aliphatic hydroxyl groups excluding tert-OH is 2. The van der Waals surface area contributed by atoms with E-state index in [1.807, 2.05) is 33.8 Å². The van der Waals surface area contributed by atoms with E-state index in [1.54, 1.807) is 12.3 Å². The van der Waals surface area contributed by atoms with Crippen LogP contribution in [0.1, 0.15) is 27.7 Å². The minimum atomic E-state index is -1.21. The van der Waals surface area contributed by atoms with Gasteiger partial charge >= 0.3 is 31.5 Å². The second-order valence-electron chi connectivity index (χ2n) is 16.0. The summed E-state index contributed by atoms with van der Waals surface area (Å²) in [5.74, 6) is -3.62. The highest BCUT2D eigenvalue weighted by molar-refractivity contribution is 9.10. The van der Waals surface area contributed by atoms with Crippen molar-refractivity contribution in [1.82, 2.24) is 9.97 Å². The zero-order valence-electron chi connectivity index (χ0n) is 35.7. The fourth-order valence-electron chi connectivity index (χ4n) is 6.91. The second-order valence-corrected chi connectivity index (χ2v) is 16.9. The molecule has 66 heavy (non-hydrogen) atoms. The van der Waals surface area contributed by atoms with E-state index in [4.69, 9.17) is 38.5 Å². The molecule has 4 amide bonds. The van der Waals surface area contributed by atoms with Crippen LogP contribution in [0.4, 0.5) is 59.8 Å². The minimum absolute atomic E-state index is 0.00662. The van der Waals surface area contributed by atoms with Crippen molar-refractivity contribution < 1.29 is 75.2 Å². The topological polar surface area (TPSA) is 203 Å². The molecule has 5 fully saturated rings. The Bertz CT molecular complexity index is 2480. The number of aromatic nitrogens is 2. The van der Waals surface area contributed by atoms with Gasteiger partial charge in [0.2, 0.25) is 0 Å². The molecule has 5 saturated heterocycles. The molecule has 0 unspecified atom stereocenters. The van der Waals surface area contributed by atoms with Crippen molar-refractivity contribution in [2.24, 2.45) is 0 Å². The highest BCUT2D eigenvalue weighted by atomic mass is 79.9. The number of carbonyl (C=O) groups is 4. The number of benzene rings is 2. The lowest BCUT2D eigenvalue weighted by Crippen LogP contribution is -2.41. The molecule has 350 valence electrons. The number of anilines is 4. The normalized spacial score (nSPS) is 20.7. The highest BCUT2D eigenvalue weighted by Crippen LogP contribution is 2.37. The molecule has 0 spiro atoms. The van der Waals surface area contributed by atoms with Crippen LogP contribution in [0.25, 0.3) is 11.1 Å². The van der Waals surface area contributed by atoms with E-state index < -0.39 is 67.5 Å². The van der Waals surface area contributed by atoms with Crippen LogP contribution in [0.5, 0.6) is 0 Å². The first-order valence-corrected chi connectivity index (χ1v) is 21.1. The molecule has 2 aromatic carbocycles. The molecule has 24 heteroatoms. The summed E-state index contributed by atoms with van der Waals surface area (Å²) in [6, 6.07) is 11.8. The molecular weight excluding hydrogens is 947 g/mol. The Morgan fingerprint density at radius 2 is 1.12 bits per heavy atom. The first kappa shape index (κ1) is 47.9. The van der Waals surface area contributed by atoms with Gasteiger partial charge in [-0.15, -0.1) is 0 Å². The van der Waals surface area contributed by atoms with Crippen molar-refractivity contribution in [3.63, 3.8) is 0 Å². The molecule has 2 aromatic heterocycles. The van der Waals surface area contributed by atoms with Gasteiger partial charge in [-0.3, -0.25) is 19.6 Å². The van der Waals surface area contributed by atoms with E-state index in [2.05, 4.69) is 25.9 Å². The van der Waals surface area contributed by atoms with E-state index in [0.29, 0.717) is 36.9 Å². The molecule has 18 nitrogen and oxygen atoms in total. The van der Waals surface area contributed by atoms with Crippen molar-refractivity contribution in [2.45, 2.75) is 51.1 Å². The SMILES string of the molecule is CC1(C)OB(c2ccc(N3CCOC3=O)nc2)OC1(C)C.O=C1OCCN1c1ccc(-c2ccc(N3C[C@H](CO)OC3=O)c(F)c2F)cn1.O=C1O[C@@H](CO)CN1c1ccc(Br)c(F)c1F. The zero-order chi connectivity index (χ0) is 47.7. The van der Waals surface area contributed by atoms with Gasteiger partial charge in [0.1, 0.15) is 37.1 Å². The average Bonchev–Trinajstić information content (AvgIpc) is 4.13. The molecule has 5 aliphatic heterocycles. The van der Waals surface area contributed by atoms with E-state index >= 15 is 0 Å². The summed E-state index contributed by atoms with van der Waals surface area (Å²) < 4.78 is 87.4. The van der Waals surface area contributed by atoms with E-state index in [0.717, 1.165) is 15.3 Å². The van der Waals surface area contributed by atoms with Gasteiger partial charge in [-0.25, -0.2) is 46.7 Å². The molecule has 5 aliphatic rings. The number of pyridine rings is 2. The summed E-state index contributed by atoms with van der Waals surface area (Å²) >= 11 is 2.84. The number of hydrogen-bond donors (Lipinski definition) is 2. The van der Waals surface area contributed by atoms with Crippen LogP contribution >= 0.6 is 15.9 Å². The number of carbonyl (C=O) groups excluding carboxylic acids is 4. The largest absolute Gasteiger partial charge is 0.496 e. The molecule has 0 bridgehead atoms. The second kappa shape index (κ2) is 19.4. The lowest BCUT2D eigenvalue weighted by molar-refractivity contribution is 0.00578. The van der Waals surface area contributed by atoms with Crippen LogP contribution in [-0.2, 0) is 28.3 Å². The first-order valence-electron chi connectivity index (χ1n) is 20.3. The van der Waals surface area contributed by atoms with Crippen molar-refractivity contribution in [3.05, 3.63) is 88.7 Å². The summed E-state index contributed by atoms with van der Waals surface area (Å²) in [6.07, 6.45) is -1.02. The highest BCUT2D eigenvalue weighted by Gasteiger charge is 2.52. The lowest BCUT2D eigenvalue weighted by Gasteiger charge is -2.32. The number of ether oxygens (including phenoxy) is 4. The van der Waals surface area contributed by atoms with Crippen molar-refractivity contribution in [1.29, 1.82) is 0 Å². The number of cyclic esters (lactones) is 4. The fourth-order valence-corrected chi connectivity index (χ4v) is 7.21. The van der Waals surface area contributed by atoms with E-state index in [-0.39, 0.29) is 65.0 Å². The van der Waals surface area contributed by atoms with Crippen LogP contribution in [-0.4, -0.2) is 128 Å². The predicted molar refractivity (Wildman–Crippen MR) is 230 cm³/mol. The van der Waals surface area contributed by atoms with Crippen LogP contribution in [0.2, 0.25) is 0 Å². The van der Waals surface area contributed by atoms with Crippen molar-refractivity contribution in [2.75, 3.05) is 72.2 Å². The summed E-state index contributed by atoms with van der Waals surface area (Å²) in [5, 5.41) is 17.9. The average molecular weight is 990 g/mol. The Morgan fingerprint density at radius 1 is 0.636 bits per heavy atom. The standard InChI is InChI=1S/C18H15F2N3O5.C14H19BN2O4.C10H8BrF2NO3/c19-15-12(10-1-4-14(21-7-10)22-5-6-27-17(22)25)2-3-13(16(15)20)23-8-11(9-24)28-18(23)26;1-13(2)14(3,4)21-15(20-13)10-5-6-11(16-9-10)17-7-8-19-12(17)18;11-6-1-2-7(9(13)8(6)12)14-3-5(4-15)17-10(14)16/h1-4,7,11,24H,5-6,8-9H2;5-6,9H,7-8H2,1-4H3;1-2,5,15H,3-4H2/t11-;;5-/m1.1/s1. The maximum Gasteiger partial charge on any atom is 0.496 e. The summed E-state index contributed by atoms with van der Waals surface area (Å²) in [7, 11) is -0.443. The molecule has 9 rings (SSSR count). The third kappa shape index (κ3) is 9.73. The van der Waals surface area contributed by atoms with Gasteiger partial charge in [-0.2, -0.15) is 0 Å². The summed E-state index contributed by atoms with van der Waals surface area (Å²) in [6.45, 7) is 8.75. The predicted octanol–water partition coefficient (Wildman–Crippen LogP) is 5.68. The van der Waals surface area contributed by atoms with Crippen molar-refractivity contribution >= 4 is 75.9 Å². The van der Waals surface area contributed by atoms with Gasteiger partial charge in [0, 0.05) is 29.0 Å². The molecule has 7 heterocycles. The smallest absolute Gasteiger partial charge is 0.447 e. The Kier molecular flexibility index (Phi) is 14.1. The number of nitrogens with zero attached hydrogens (tertiary/aromatic N) is 6. The van der Waals surface area contributed by atoms with Gasteiger partial charge in [-0.1, -0.05) is 6.07 Å². The Hall–Kier alpha value is -6.08. The van der Waals surface area contributed by atoms with Gasteiger partial charge < -0.3 is 38.5 Å². The molecular formula is C42H42BBrF4N6O12. The monoisotopic (exact) mass is 988 g/mol. The summed E-state index contributed by atoms with van der Waals surface area (Å²) in [5.41, 5.74) is -0.139. The third-order valence-electron chi connectivity index (χ3n) is 11.2. The molecule has 0 radical (unpaired) electrons. The van der Waals surface area contributed by atoms with E-state index in [1.165, 1.54) is 52.4 Å².